The molecule has 0 aliphatic rings. The van der Waals surface area contributed by atoms with Crippen LogP contribution in [-0.2, 0) is 19.5 Å². The van der Waals surface area contributed by atoms with Crippen LogP contribution in [-0.4, -0.2) is 27.9 Å². The van der Waals surface area contributed by atoms with Crippen molar-refractivity contribution in [2.75, 3.05) is 11.4 Å². The van der Waals surface area contributed by atoms with E-state index in [0.717, 1.165) is 33.5 Å². The number of carbonyl (C=O) groups excluding carboxylic acids is 2. The number of thiophene rings is 2. The van der Waals surface area contributed by atoms with Crippen molar-refractivity contribution in [2.24, 2.45) is 0 Å². The van der Waals surface area contributed by atoms with Gasteiger partial charge >= 0.3 is 0 Å². The number of aromatic nitrogens is 2. The predicted octanol–water partition coefficient (Wildman–Crippen LogP) is 6.90. The molecule has 2 amide bonds. The third-order valence-electron chi connectivity index (χ3n) is 7.09. The molecule has 6 aromatic rings. The van der Waals surface area contributed by atoms with Crippen LogP contribution < -0.4 is 10.2 Å². The van der Waals surface area contributed by atoms with Crippen LogP contribution in [0, 0.1) is 11.3 Å². The normalized spacial score (nSPS) is 10.9. The van der Waals surface area contributed by atoms with E-state index in [-0.39, 0.29) is 11.8 Å². The molecular weight excluding hydrogens is 575 g/mol. The SMILES string of the molecule is N#Cc1ccc(Cn2cncc2CN(C(=O)c2ccccc2)c2ccc3sc(C(=O)NCCc4cccs4)cc3c2)cc1. The number of hydrogen-bond acceptors (Lipinski definition) is 6. The van der Waals surface area contributed by atoms with E-state index < -0.39 is 0 Å². The minimum absolute atomic E-state index is 0.0942. The monoisotopic (exact) mass is 601 g/mol. The second-order valence-electron chi connectivity index (χ2n) is 10.00. The molecule has 3 aromatic heterocycles. The summed E-state index contributed by atoms with van der Waals surface area (Å²) < 4.78 is 2.99. The first kappa shape index (κ1) is 28.1. The number of imidazole rings is 1. The maximum Gasteiger partial charge on any atom is 0.261 e. The van der Waals surface area contributed by atoms with Gasteiger partial charge in [0.25, 0.3) is 11.8 Å². The number of nitriles is 1. The average molecular weight is 602 g/mol. The Labute approximate surface area is 257 Å². The summed E-state index contributed by atoms with van der Waals surface area (Å²) in [4.78, 5) is 34.8. The number of amides is 2. The van der Waals surface area contributed by atoms with Crippen molar-refractivity contribution in [1.29, 1.82) is 5.26 Å². The van der Waals surface area contributed by atoms with Gasteiger partial charge in [-0.1, -0.05) is 36.4 Å². The van der Waals surface area contributed by atoms with Gasteiger partial charge in [-0.25, -0.2) is 4.98 Å². The van der Waals surface area contributed by atoms with Crippen LogP contribution in [0.3, 0.4) is 0 Å². The minimum atomic E-state index is -0.132. The van der Waals surface area contributed by atoms with Gasteiger partial charge in [0.1, 0.15) is 0 Å². The quantitative estimate of drug-likeness (QED) is 0.185. The lowest BCUT2D eigenvalue weighted by Gasteiger charge is -2.24. The maximum absolute atomic E-state index is 13.9. The fourth-order valence-electron chi connectivity index (χ4n) is 4.83. The molecule has 3 aromatic carbocycles. The summed E-state index contributed by atoms with van der Waals surface area (Å²) in [6.45, 7) is 1.44. The fraction of sp³-hybridized carbons (Fsp3) is 0.118. The molecule has 212 valence electrons. The zero-order chi connectivity index (χ0) is 29.6. The van der Waals surface area contributed by atoms with Crippen LogP contribution in [0.4, 0.5) is 5.69 Å². The summed E-state index contributed by atoms with van der Waals surface area (Å²) in [7, 11) is 0. The van der Waals surface area contributed by atoms with Gasteiger partial charge in [0.2, 0.25) is 0 Å². The molecule has 1 N–H and O–H groups in total. The second-order valence-corrected chi connectivity index (χ2v) is 12.1. The summed E-state index contributed by atoms with van der Waals surface area (Å²) in [6, 6.07) is 30.7. The molecule has 0 saturated heterocycles. The van der Waals surface area contributed by atoms with E-state index >= 15 is 0 Å². The predicted molar refractivity (Wildman–Crippen MR) is 172 cm³/mol. The molecular formula is C34H27N5O2S2. The number of hydrogen-bond donors (Lipinski definition) is 1. The van der Waals surface area contributed by atoms with Crippen molar-refractivity contribution in [1.82, 2.24) is 14.9 Å². The van der Waals surface area contributed by atoms with Crippen LogP contribution in [0.25, 0.3) is 10.1 Å². The van der Waals surface area contributed by atoms with E-state index in [0.29, 0.717) is 35.6 Å². The summed E-state index contributed by atoms with van der Waals surface area (Å²) in [5, 5.41) is 15.1. The van der Waals surface area contributed by atoms with Crippen LogP contribution in [0.5, 0.6) is 0 Å². The molecule has 0 fully saturated rings. The van der Waals surface area contributed by atoms with E-state index in [1.807, 2.05) is 82.7 Å². The number of nitrogens with zero attached hydrogens (tertiary/aromatic N) is 4. The number of benzene rings is 3. The Morgan fingerprint density at radius 1 is 0.977 bits per heavy atom. The van der Waals surface area contributed by atoms with Gasteiger partial charge in [-0.3, -0.25) is 9.59 Å². The molecule has 0 radical (unpaired) electrons. The first-order valence-electron chi connectivity index (χ1n) is 13.8. The molecule has 0 unspecified atom stereocenters. The lowest BCUT2D eigenvalue weighted by molar-refractivity contribution is 0.0956. The van der Waals surface area contributed by atoms with Crippen molar-refractivity contribution < 1.29 is 9.59 Å². The van der Waals surface area contributed by atoms with Crippen molar-refractivity contribution in [3.63, 3.8) is 0 Å². The van der Waals surface area contributed by atoms with Crippen molar-refractivity contribution in [3.8, 4) is 6.07 Å². The van der Waals surface area contributed by atoms with E-state index in [1.54, 1.807) is 40.9 Å². The largest absolute Gasteiger partial charge is 0.351 e. The first-order chi connectivity index (χ1) is 21.1. The number of carbonyl (C=O) groups is 2. The van der Waals surface area contributed by atoms with Crippen molar-refractivity contribution in [3.05, 3.63) is 141 Å². The third kappa shape index (κ3) is 6.56. The van der Waals surface area contributed by atoms with Crippen molar-refractivity contribution >= 4 is 50.3 Å². The molecule has 0 aliphatic carbocycles. The van der Waals surface area contributed by atoms with Gasteiger partial charge < -0.3 is 14.8 Å². The summed E-state index contributed by atoms with van der Waals surface area (Å²) in [5.41, 5.74) is 3.81. The van der Waals surface area contributed by atoms with E-state index in [1.165, 1.54) is 16.2 Å². The summed E-state index contributed by atoms with van der Waals surface area (Å²) in [5.74, 6) is -0.226. The highest BCUT2D eigenvalue weighted by molar-refractivity contribution is 7.20. The highest BCUT2D eigenvalue weighted by Crippen LogP contribution is 2.31. The van der Waals surface area contributed by atoms with Gasteiger partial charge in [0.15, 0.2) is 0 Å². The third-order valence-corrected chi connectivity index (χ3v) is 9.14. The Balaban J connectivity index is 1.26. The standard InChI is InChI=1S/C34H27N5O2S2/c35-19-24-8-10-25(11-9-24)21-38-23-36-20-29(38)22-39(34(41)26-5-2-1-3-6-26)28-12-13-31-27(17-28)18-32(43-31)33(40)37-15-14-30-7-4-16-42-30/h1-13,16-18,20,23H,14-15,21-22H2,(H,37,40). The number of rotatable bonds is 10. The maximum atomic E-state index is 13.9. The molecule has 0 bridgehead atoms. The zero-order valence-corrected chi connectivity index (χ0v) is 24.8. The number of anilines is 1. The Morgan fingerprint density at radius 2 is 1.81 bits per heavy atom. The smallest absolute Gasteiger partial charge is 0.261 e. The van der Waals surface area contributed by atoms with E-state index in [2.05, 4.69) is 22.4 Å². The number of nitrogens with one attached hydrogen (secondary N) is 1. The lowest BCUT2D eigenvalue weighted by Crippen LogP contribution is -2.31. The van der Waals surface area contributed by atoms with E-state index in [4.69, 9.17) is 5.26 Å². The molecule has 43 heavy (non-hydrogen) atoms. The van der Waals surface area contributed by atoms with Gasteiger partial charge in [0.05, 0.1) is 35.1 Å². The van der Waals surface area contributed by atoms with Gasteiger partial charge in [0, 0.05) is 40.1 Å². The summed E-state index contributed by atoms with van der Waals surface area (Å²) in [6.07, 6.45) is 4.33. The Hall–Kier alpha value is -5.04. The second kappa shape index (κ2) is 12.9. The van der Waals surface area contributed by atoms with Crippen LogP contribution in [0.15, 0.2) is 109 Å². The van der Waals surface area contributed by atoms with Crippen molar-refractivity contribution in [2.45, 2.75) is 19.5 Å². The molecule has 0 aliphatic heterocycles. The van der Waals surface area contributed by atoms with Gasteiger partial charge in [-0.2, -0.15) is 5.26 Å². The minimum Gasteiger partial charge on any atom is -0.351 e. The first-order valence-corrected chi connectivity index (χ1v) is 15.5. The fourth-order valence-corrected chi connectivity index (χ4v) is 6.50. The van der Waals surface area contributed by atoms with Crippen LogP contribution >= 0.6 is 22.7 Å². The molecule has 0 atom stereocenters. The molecule has 9 heteroatoms. The topological polar surface area (TPSA) is 91.0 Å². The Bertz CT molecular complexity index is 1900. The van der Waals surface area contributed by atoms with Crippen LogP contribution in [0.2, 0.25) is 0 Å². The molecule has 7 nitrogen and oxygen atoms in total. The lowest BCUT2D eigenvalue weighted by atomic mass is 10.1. The van der Waals surface area contributed by atoms with Gasteiger partial charge in [-0.05, 0) is 77.3 Å². The van der Waals surface area contributed by atoms with Crippen LogP contribution in [0.1, 0.15) is 41.7 Å². The summed E-state index contributed by atoms with van der Waals surface area (Å²) >= 11 is 3.13. The highest BCUT2D eigenvalue weighted by atomic mass is 32.1. The molecule has 0 saturated carbocycles. The number of fused-ring (bicyclic) bond motifs is 1. The Kier molecular flexibility index (Phi) is 8.40. The van der Waals surface area contributed by atoms with Gasteiger partial charge in [-0.15, -0.1) is 22.7 Å². The molecule has 0 spiro atoms. The molecule has 3 heterocycles. The molecule has 6 rings (SSSR count). The van der Waals surface area contributed by atoms with E-state index in [9.17, 15) is 9.59 Å². The highest BCUT2D eigenvalue weighted by Gasteiger charge is 2.21. The zero-order valence-electron chi connectivity index (χ0n) is 23.1. The average Bonchev–Trinajstić information content (AvgIpc) is 3.82. The Morgan fingerprint density at radius 3 is 2.58 bits per heavy atom.